The Morgan fingerprint density at radius 3 is 2.76 bits per heavy atom. The summed E-state index contributed by atoms with van der Waals surface area (Å²) < 4.78 is 18.0. The quantitative estimate of drug-likeness (QED) is 0.841. The van der Waals surface area contributed by atoms with E-state index in [0.717, 1.165) is 17.7 Å². The summed E-state index contributed by atoms with van der Waals surface area (Å²) in [5.74, 6) is 0.539. The molecule has 2 N–H and O–H groups in total. The van der Waals surface area contributed by atoms with Crippen LogP contribution in [-0.4, -0.2) is 21.7 Å². The molecule has 0 saturated carbocycles. The fraction of sp³-hybridized carbons (Fsp3) is 0.538. The summed E-state index contributed by atoms with van der Waals surface area (Å²) in [6, 6.07) is 7.33. The molecule has 1 aliphatic rings. The highest BCUT2D eigenvalue weighted by Gasteiger charge is 2.32. The third kappa shape index (κ3) is 3.07. The van der Waals surface area contributed by atoms with Gasteiger partial charge in [-0.2, -0.15) is 0 Å². The van der Waals surface area contributed by atoms with Gasteiger partial charge in [-0.05, 0) is 38.8 Å². The maximum Gasteiger partial charge on any atom is 0.0702 e. The van der Waals surface area contributed by atoms with Crippen molar-refractivity contribution in [2.45, 2.75) is 43.3 Å². The Morgan fingerprint density at radius 1 is 1.47 bits per heavy atom. The minimum Gasteiger partial charge on any atom is -0.398 e. The number of benzene rings is 1. The van der Waals surface area contributed by atoms with Gasteiger partial charge in [0.25, 0.3) is 0 Å². The van der Waals surface area contributed by atoms with Gasteiger partial charge < -0.3 is 10.5 Å². The Labute approximate surface area is 105 Å². The van der Waals surface area contributed by atoms with Crippen LogP contribution in [0.2, 0.25) is 0 Å². The summed E-state index contributed by atoms with van der Waals surface area (Å²) in [6.07, 6.45) is 2.09. The number of para-hydroxylation sites is 1. The Bertz CT molecular complexity index is 431. The van der Waals surface area contributed by atoms with Crippen molar-refractivity contribution in [2.75, 3.05) is 11.5 Å². The Morgan fingerprint density at radius 2 is 2.18 bits per heavy atom. The molecule has 1 heterocycles. The van der Waals surface area contributed by atoms with Crippen LogP contribution in [0.4, 0.5) is 5.69 Å². The summed E-state index contributed by atoms with van der Waals surface area (Å²) in [4.78, 5) is 0.723. The summed E-state index contributed by atoms with van der Waals surface area (Å²) in [7, 11) is -1.07. The monoisotopic (exact) mass is 253 g/mol. The van der Waals surface area contributed by atoms with E-state index < -0.39 is 10.8 Å². The zero-order valence-electron chi connectivity index (χ0n) is 10.3. The second-order valence-electron chi connectivity index (χ2n) is 5.09. The molecule has 2 rings (SSSR count). The molecular weight excluding hydrogens is 234 g/mol. The molecule has 4 heteroatoms. The van der Waals surface area contributed by atoms with Crippen LogP contribution in [0.1, 0.15) is 26.7 Å². The van der Waals surface area contributed by atoms with Gasteiger partial charge in [-0.15, -0.1) is 0 Å². The number of nitrogen functional groups attached to an aromatic ring is 1. The predicted octanol–water partition coefficient (Wildman–Crippen LogP) is 2.33. The van der Waals surface area contributed by atoms with E-state index >= 15 is 0 Å². The first kappa shape index (κ1) is 12.6. The lowest BCUT2D eigenvalue weighted by Crippen LogP contribution is -2.23. The van der Waals surface area contributed by atoms with Crippen LogP contribution >= 0.6 is 0 Å². The van der Waals surface area contributed by atoms with Crippen LogP contribution in [0.5, 0.6) is 0 Å². The van der Waals surface area contributed by atoms with Crippen molar-refractivity contribution in [1.82, 2.24) is 0 Å². The molecule has 94 valence electrons. The second-order valence-corrected chi connectivity index (χ2v) is 6.55. The SMILES string of the molecule is CC1(C)CCC(CS(=O)c2ccccc2N)O1. The van der Waals surface area contributed by atoms with Crippen molar-refractivity contribution in [2.24, 2.45) is 0 Å². The van der Waals surface area contributed by atoms with Gasteiger partial charge in [-0.1, -0.05) is 12.1 Å². The van der Waals surface area contributed by atoms with Crippen LogP contribution in [0.3, 0.4) is 0 Å². The predicted molar refractivity (Wildman–Crippen MR) is 70.3 cm³/mol. The van der Waals surface area contributed by atoms with E-state index in [1.54, 1.807) is 6.07 Å². The van der Waals surface area contributed by atoms with Crippen molar-refractivity contribution in [3.05, 3.63) is 24.3 Å². The van der Waals surface area contributed by atoms with E-state index in [4.69, 9.17) is 10.5 Å². The van der Waals surface area contributed by atoms with Gasteiger partial charge in [0.2, 0.25) is 0 Å². The lowest BCUT2D eigenvalue weighted by Gasteiger charge is -2.19. The Kier molecular flexibility index (Phi) is 3.54. The highest BCUT2D eigenvalue weighted by molar-refractivity contribution is 7.85. The Balaban J connectivity index is 2.01. The molecule has 2 atom stereocenters. The first-order valence-electron chi connectivity index (χ1n) is 5.89. The maximum atomic E-state index is 12.2. The molecule has 1 aromatic rings. The standard InChI is InChI=1S/C13H19NO2S/c1-13(2)8-7-10(16-13)9-17(15)12-6-4-3-5-11(12)14/h3-6,10H,7-9,14H2,1-2H3. The molecule has 1 fully saturated rings. The van der Waals surface area contributed by atoms with Gasteiger partial charge in [0.05, 0.1) is 33.2 Å². The van der Waals surface area contributed by atoms with Gasteiger partial charge in [-0.25, -0.2) is 0 Å². The molecule has 0 amide bonds. The zero-order valence-corrected chi connectivity index (χ0v) is 11.1. The van der Waals surface area contributed by atoms with Crippen molar-refractivity contribution in [1.29, 1.82) is 0 Å². The average molecular weight is 253 g/mol. The van der Waals surface area contributed by atoms with E-state index in [0.29, 0.717) is 11.4 Å². The van der Waals surface area contributed by atoms with E-state index in [1.807, 2.05) is 18.2 Å². The topological polar surface area (TPSA) is 52.3 Å². The molecule has 2 unspecified atom stereocenters. The maximum absolute atomic E-state index is 12.2. The molecule has 0 aliphatic carbocycles. The molecular formula is C13H19NO2S. The second kappa shape index (κ2) is 4.78. The van der Waals surface area contributed by atoms with Gasteiger partial charge in [0.15, 0.2) is 0 Å². The molecule has 0 aromatic heterocycles. The van der Waals surface area contributed by atoms with Gasteiger partial charge in [0.1, 0.15) is 0 Å². The van der Waals surface area contributed by atoms with Crippen molar-refractivity contribution in [3.8, 4) is 0 Å². The molecule has 1 saturated heterocycles. The van der Waals surface area contributed by atoms with Crippen molar-refractivity contribution in [3.63, 3.8) is 0 Å². The number of anilines is 1. The van der Waals surface area contributed by atoms with Crippen LogP contribution in [-0.2, 0) is 15.5 Å². The molecule has 0 bridgehead atoms. The van der Waals surface area contributed by atoms with Crippen LogP contribution in [0, 0.1) is 0 Å². The Hall–Kier alpha value is -0.870. The molecule has 1 aromatic carbocycles. The third-order valence-corrected chi connectivity index (χ3v) is 4.59. The van der Waals surface area contributed by atoms with Crippen LogP contribution in [0.15, 0.2) is 29.2 Å². The lowest BCUT2D eigenvalue weighted by atomic mass is 10.1. The van der Waals surface area contributed by atoms with Gasteiger partial charge in [0, 0.05) is 5.69 Å². The number of hydrogen-bond donors (Lipinski definition) is 1. The smallest absolute Gasteiger partial charge is 0.0702 e. The van der Waals surface area contributed by atoms with Gasteiger partial charge >= 0.3 is 0 Å². The fourth-order valence-electron chi connectivity index (χ4n) is 2.14. The largest absolute Gasteiger partial charge is 0.398 e. The molecule has 0 spiro atoms. The number of rotatable bonds is 3. The fourth-order valence-corrected chi connectivity index (χ4v) is 3.45. The highest BCUT2D eigenvalue weighted by Crippen LogP contribution is 2.30. The van der Waals surface area contributed by atoms with Crippen LogP contribution < -0.4 is 5.73 Å². The molecule has 3 nitrogen and oxygen atoms in total. The minimum atomic E-state index is -1.07. The number of hydrogen-bond acceptors (Lipinski definition) is 3. The average Bonchev–Trinajstić information content (AvgIpc) is 2.58. The van der Waals surface area contributed by atoms with Gasteiger partial charge in [-0.3, -0.25) is 4.21 Å². The molecule has 17 heavy (non-hydrogen) atoms. The van der Waals surface area contributed by atoms with E-state index in [-0.39, 0.29) is 11.7 Å². The van der Waals surface area contributed by atoms with Crippen molar-refractivity contribution >= 4 is 16.5 Å². The summed E-state index contributed by atoms with van der Waals surface area (Å²) in [5, 5.41) is 0. The number of nitrogens with two attached hydrogens (primary N) is 1. The minimum absolute atomic E-state index is 0.0723. The zero-order chi connectivity index (χ0) is 12.5. The number of ether oxygens (including phenoxy) is 1. The first-order valence-corrected chi connectivity index (χ1v) is 7.20. The first-order chi connectivity index (χ1) is 7.98. The lowest BCUT2D eigenvalue weighted by molar-refractivity contribution is -0.00498. The van der Waals surface area contributed by atoms with Crippen molar-refractivity contribution < 1.29 is 8.95 Å². The highest BCUT2D eigenvalue weighted by atomic mass is 32.2. The molecule has 0 radical (unpaired) electrons. The summed E-state index contributed by atoms with van der Waals surface area (Å²) >= 11 is 0. The van der Waals surface area contributed by atoms with Crippen LogP contribution in [0.25, 0.3) is 0 Å². The van der Waals surface area contributed by atoms with E-state index in [9.17, 15) is 4.21 Å². The van der Waals surface area contributed by atoms with E-state index in [2.05, 4.69) is 13.8 Å². The molecule has 1 aliphatic heterocycles. The summed E-state index contributed by atoms with van der Waals surface area (Å²) in [5.41, 5.74) is 6.34. The normalized spacial score (nSPS) is 24.7. The summed E-state index contributed by atoms with van der Waals surface area (Å²) in [6.45, 7) is 4.15. The third-order valence-electron chi connectivity index (χ3n) is 3.06. The van der Waals surface area contributed by atoms with E-state index in [1.165, 1.54) is 0 Å².